The van der Waals surface area contributed by atoms with Crippen molar-refractivity contribution >= 4 is 5.69 Å². The van der Waals surface area contributed by atoms with E-state index in [0.29, 0.717) is 0 Å². The third-order valence-corrected chi connectivity index (χ3v) is 4.41. The molecule has 1 aromatic rings. The maximum absolute atomic E-state index is 3.67. The van der Waals surface area contributed by atoms with Crippen LogP contribution in [0.25, 0.3) is 0 Å². The Kier molecular flexibility index (Phi) is 5.10. The Morgan fingerprint density at radius 3 is 2.39 bits per heavy atom. The van der Waals surface area contributed by atoms with Crippen LogP contribution in [0.3, 0.4) is 0 Å². The van der Waals surface area contributed by atoms with Gasteiger partial charge in [-0.1, -0.05) is 44.2 Å². The van der Waals surface area contributed by atoms with Gasteiger partial charge in [0, 0.05) is 12.2 Å². The van der Waals surface area contributed by atoms with E-state index in [2.05, 4.69) is 37.4 Å². The fourth-order valence-electron chi connectivity index (χ4n) is 2.94. The Hall–Kier alpha value is -0.980. The molecule has 100 valence electrons. The first kappa shape index (κ1) is 13.5. The zero-order valence-corrected chi connectivity index (χ0v) is 12.0. The topological polar surface area (TPSA) is 12.0 Å². The lowest BCUT2D eigenvalue weighted by Crippen LogP contribution is -2.16. The highest BCUT2D eigenvalue weighted by Gasteiger charge is 2.11. The van der Waals surface area contributed by atoms with E-state index in [9.17, 15) is 0 Å². The van der Waals surface area contributed by atoms with E-state index in [0.717, 1.165) is 12.5 Å². The summed E-state index contributed by atoms with van der Waals surface area (Å²) in [6.45, 7) is 5.57. The molecule has 1 N–H and O–H groups in total. The molecule has 2 rings (SSSR count). The SMILES string of the molecule is Cc1cccc(NCC2CCCCCCC2)c1C. The molecule has 0 spiro atoms. The van der Waals surface area contributed by atoms with E-state index in [4.69, 9.17) is 0 Å². The number of benzene rings is 1. The van der Waals surface area contributed by atoms with Crippen LogP contribution in [-0.4, -0.2) is 6.54 Å². The standard InChI is InChI=1S/C17H27N/c1-14-9-8-12-17(15(14)2)18-13-16-10-6-4-3-5-7-11-16/h8-9,12,16,18H,3-7,10-11,13H2,1-2H3. The molecular weight excluding hydrogens is 218 g/mol. The van der Waals surface area contributed by atoms with Gasteiger partial charge >= 0.3 is 0 Å². The predicted molar refractivity (Wildman–Crippen MR) is 80.2 cm³/mol. The molecule has 1 aromatic carbocycles. The van der Waals surface area contributed by atoms with Crippen molar-refractivity contribution in [2.75, 3.05) is 11.9 Å². The van der Waals surface area contributed by atoms with Crippen LogP contribution in [0.4, 0.5) is 5.69 Å². The minimum atomic E-state index is 0.880. The Bertz CT molecular complexity index is 362. The molecule has 0 aromatic heterocycles. The van der Waals surface area contributed by atoms with Crippen molar-refractivity contribution in [3.8, 4) is 0 Å². The van der Waals surface area contributed by atoms with Gasteiger partial charge in [0.1, 0.15) is 0 Å². The molecule has 0 unspecified atom stereocenters. The summed E-state index contributed by atoms with van der Waals surface area (Å²) in [4.78, 5) is 0. The van der Waals surface area contributed by atoms with E-state index >= 15 is 0 Å². The summed E-state index contributed by atoms with van der Waals surface area (Å²) < 4.78 is 0. The maximum Gasteiger partial charge on any atom is 0.0372 e. The van der Waals surface area contributed by atoms with Gasteiger partial charge in [-0.05, 0) is 49.8 Å². The van der Waals surface area contributed by atoms with Gasteiger partial charge in [0.15, 0.2) is 0 Å². The second-order valence-corrected chi connectivity index (χ2v) is 5.84. The van der Waals surface area contributed by atoms with Gasteiger partial charge in [-0.25, -0.2) is 0 Å². The zero-order valence-electron chi connectivity index (χ0n) is 12.0. The van der Waals surface area contributed by atoms with Crippen molar-refractivity contribution in [1.29, 1.82) is 0 Å². The maximum atomic E-state index is 3.67. The molecule has 0 amide bonds. The van der Waals surface area contributed by atoms with Crippen molar-refractivity contribution in [2.45, 2.75) is 58.8 Å². The summed E-state index contributed by atoms with van der Waals surface area (Å²) in [7, 11) is 0. The van der Waals surface area contributed by atoms with Crippen molar-refractivity contribution in [2.24, 2.45) is 5.92 Å². The van der Waals surface area contributed by atoms with Crippen molar-refractivity contribution < 1.29 is 0 Å². The molecular formula is C17H27N. The molecule has 1 heteroatoms. The Morgan fingerprint density at radius 1 is 1.00 bits per heavy atom. The van der Waals surface area contributed by atoms with Crippen molar-refractivity contribution in [1.82, 2.24) is 0 Å². The lowest BCUT2D eigenvalue weighted by Gasteiger charge is -2.21. The molecule has 1 nitrogen and oxygen atoms in total. The number of anilines is 1. The molecule has 1 saturated carbocycles. The highest BCUT2D eigenvalue weighted by atomic mass is 14.9. The quantitative estimate of drug-likeness (QED) is 0.783. The molecule has 18 heavy (non-hydrogen) atoms. The highest BCUT2D eigenvalue weighted by Crippen LogP contribution is 2.24. The number of hydrogen-bond acceptors (Lipinski definition) is 1. The number of rotatable bonds is 3. The minimum Gasteiger partial charge on any atom is -0.385 e. The molecule has 1 fully saturated rings. The Labute approximate surface area is 112 Å². The van der Waals surface area contributed by atoms with Crippen LogP contribution in [0, 0.1) is 19.8 Å². The summed E-state index contributed by atoms with van der Waals surface area (Å²) in [6, 6.07) is 6.56. The van der Waals surface area contributed by atoms with Gasteiger partial charge in [-0.3, -0.25) is 0 Å². The average molecular weight is 245 g/mol. The van der Waals surface area contributed by atoms with Crippen LogP contribution in [-0.2, 0) is 0 Å². The van der Waals surface area contributed by atoms with E-state index < -0.39 is 0 Å². The van der Waals surface area contributed by atoms with Gasteiger partial charge in [0.05, 0.1) is 0 Å². The Balaban J connectivity index is 1.87. The van der Waals surface area contributed by atoms with Crippen molar-refractivity contribution in [3.63, 3.8) is 0 Å². The summed E-state index contributed by atoms with van der Waals surface area (Å²) >= 11 is 0. The van der Waals surface area contributed by atoms with E-state index in [1.807, 2.05) is 0 Å². The normalized spacial score (nSPS) is 18.1. The van der Waals surface area contributed by atoms with E-state index in [1.54, 1.807) is 0 Å². The van der Waals surface area contributed by atoms with Crippen LogP contribution < -0.4 is 5.32 Å². The smallest absolute Gasteiger partial charge is 0.0372 e. The summed E-state index contributed by atoms with van der Waals surface area (Å²) in [5.74, 6) is 0.880. The lowest BCUT2D eigenvalue weighted by atomic mass is 9.91. The van der Waals surface area contributed by atoms with Gasteiger partial charge in [0.25, 0.3) is 0 Å². The number of aryl methyl sites for hydroxylation is 1. The first-order chi connectivity index (χ1) is 8.77. The van der Waals surface area contributed by atoms with Gasteiger partial charge in [-0.2, -0.15) is 0 Å². The number of nitrogens with one attached hydrogen (secondary N) is 1. The van der Waals surface area contributed by atoms with Crippen LogP contribution in [0.5, 0.6) is 0 Å². The van der Waals surface area contributed by atoms with E-state index in [1.165, 1.54) is 61.8 Å². The molecule has 1 aliphatic carbocycles. The average Bonchev–Trinajstić information content (AvgIpc) is 2.32. The molecule has 0 bridgehead atoms. The second kappa shape index (κ2) is 6.82. The Morgan fingerprint density at radius 2 is 1.67 bits per heavy atom. The van der Waals surface area contributed by atoms with Gasteiger partial charge in [0.2, 0.25) is 0 Å². The third-order valence-electron chi connectivity index (χ3n) is 4.41. The largest absolute Gasteiger partial charge is 0.385 e. The number of hydrogen-bond donors (Lipinski definition) is 1. The summed E-state index contributed by atoms with van der Waals surface area (Å²) in [6.07, 6.45) is 10.0. The highest BCUT2D eigenvalue weighted by molar-refractivity contribution is 5.53. The summed E-state index contributed by atoms with van der Waals surface area (Å²) in [5.41, 5.74) is 4.12. The molecule has 1 aliphatic rings. The zero-order chi connectivity index (χ0) is 12.8. The molecule has 0 aliphatic heterocycles. The lowest BCUT2D eigenvalue weighted by molar-refractivity contribution is 0.392. The molecule has 0 atom stereocenters. The fourth-order valence-corrected chi connectivity index (χ4v) is 2.94. The van der Waals surface area contributed by atoms with Crippen LogP contribution >= 0.6 is 0 Å². The second-order valence-electron chi connectivity index (χ2n) is 5.84. The van der Waals surface area contributed by atoms with Crippen LogP contribution in [0.2, 0.25) is 0 Å². The molecule has 0 radical (unpaired) electrons. The third kappa shape index (κ3) is 3.76. The first-order valence-electron chi connectivity index (χ1n) is 7.57. The van der Waals surface area contributed by atoms with E-state index in [-0.39, 0.29) is 0 Å². The van der Waals surface area contributed by atoms with Gasteiger partial charge in [-0.15, -0.1) is 0 Å². The van der Waals surface area contributed by atoms with Crippen LogP contribution in [0.1, 0.15) is 56.1 Å². The summed E-state index contributed by atoms with van der Waals surface area (Å²) in [5, 5.41) is 3.67. The van der Waals surface area contributed by atoms with Crippen LogP contribution in [0.15, 0.2) is 18.2 Å². The predicted octanol–water partition coefficient (Wildman–Crippen LogP) is 5.08. The van der Waals surface area contributed by atoms with Crippen molar-refractivity contribution in [3.05, 3.63) is 29.3 Å². The fraction of sp³-hybridized carbons (Fsp3) is 0.647. The van der Waals surface area contributed by atoms with Gasteiger partial charge < -0.3 is 5.32 Å². The molecule has 0 heterocycles. The minimum absolute atomic E-state index is 0.880. The first-order valence-corrected chi connectivity index (χ1v) is 7.57. The monoisotopic (exact) mass is 245 g/mol. The molecule has 0 saturated heterocycles.